The van der Waals surface area contributed by atoms with Gasteiger partial charge in [0.15, 0.2) is 11.5 Å². The topological polar surface area (TPSA) is 53.7 Å². The molecule has 0 saturated carbocycles. The molecule has 1 aliphatic heterocycles. The second-order valence-electron chi connectivity index (χ2n) is 3.70. The number of fused-ring (bicyclic) bond motifs is 1. The smallest absolute Gasteiger partial charge is 0.164 e. The SMILES string of the molecule is COCc1ccc2c(c1CCN)OCCO2. The summed E-state index contributed by atoms with van der Waals surface area (Å²) in [6.07, 6.45) is 0.783. The number of ether oxygens (including phenoxy) is 3. The molecule has 88 valence electrons. The van der Waals surface area contributed by atoms with Crippen LogP contribution in [0.25, 0.3) is 0 Å². The standard InChI is InChI=1S/C12H17NO3/c1-14-8-9-2-3-11-12(10(9)4-5-13)16-7-6-15-11/h2-3H,4-8,13H2,1H3. The van der Waals surface area contributed by atoms with Gasteiger partial charge in [0.1, 0.15) is 13.2 Å². The lowest BCUT2D eigenvalue weighted by molar-refractivity contribution is 0.165. The maximum absolute atomic E-state index is 5.66. The number of methoxy groups -OCH3 is 1. The van der Waals surface area contributed by atoms with Gasteiger partial charge in [-0.2, -0.15) is 0 Å². The normalized spacial score (nSPS) is 13.9. The van der Waals surface area contributed by atoms with Crippen LogP contribution in [-0.2, 0) is 17.8 Å². The van der Waals surface area contributed by atoms with Crippen molar-refractivity contribution in [1.29, 1.82) is 0 Å². The van der Waals surface area contributed by atoms with Crippen molar-refractivity contribution in [2.45, 2.75) is 13.0 Å². The molecule has 0 aromatic heterocycles. The fourth-order valence-corrected chi connectivity index (χ4v) is 1.92. The molecular weight excluding hydrogens is 206 g/mol. The lowest BCUT2D eigenvalue weighted by Crippen LogP contribution is -2.18. The third-order valence-electron chi connectivity index (χ3n) is 2.60. The van der Waals surface area contributed by atoms with E-state index in [0.717, 1.165) is 29.0 Å². The summed E-state index contributed by atoms with van der Waals surface area (Å²) in [6, 6.07) is 3.95. The minimum Gasteiger partial charge on any atom is -0.486 e. The van der Waals surface area contributed by atoms with E-state index in [2.05, 4.69) is 0 Å². The molecule has 4 heteroatoms. The Morgan fingerprint density at radius 3 is 2.88 bits per heavy atom. The van der Waals surface area contributed by atoms with Gasteiger partial charge < -0.3 is 19.9 Å². The molecule has 0 amide bonds. The van der Waals surface area contributed by atoms with Crippen LogP contribution in [0.5, 0.6) is 11.5 Å². The van der Waals surface area contributed by atoms with Crippen LogP contribution in [0.1, 0.15) is 11.1 Å². The summed E-state index contributed by atoms with van der Waals surface area (Å²) in [6.45, 7) is 2.38. The number of nitrogens with two attached hydrogens (primary N) is 1. The first kappa shape index (κ1) is 11.2. The van der Waals surface area contributed by atoms with Crippen LogP contribution >= 0.6 is 0 Å². The van der Waals surface area contributed by atoms with Gasteiger partial charge in [-0.25, -0.2) is 0 Å². The molecule has 0 spiro atoms. The monoisotopic (exact) mass is 223 g/mol. The second-order valence-corrected chi connectivity index (χ2v) is 3.70. The average molecular weight is 223 g/mol. The Hall–Kier alpha value is -1.26. The van der Waals surface area contributed by atoms with E-state index in [4.69, 9.17) is 19.9 Å². The summed E-state index contributed by atoms with van der Waals surface area (Å²) in [5.74, 6) is 1.65. The zero-order valence-electron chi connectivity index (χ0n) is 9.49. The second kappa shape index (κ2) is 5.18. The van der Waals surface area contributed by atoms with Gasteiger partial charge in [0.2, 0.25) is 0 Å². The molecule has 2 rings (SSSR count). The van der Waals surface area contributed by atoms with Gasteiger partial charge in [-0.1, -0.05) is 6.07 Å². The molecule has 0 saturated heterocycles. The van der Waals surface area contributed by atoms with Crippen LogP contribution in [0, 0.1) is 0 Å². The van der Waals surface area contributed by atoms with Crippen LogP contribution in [-0.4, -0.2) is 26.9 Å². The Labute approximate surface area is 95.3 Å². The summed E-state index contributed by atoms with van der Waals surface area (Å²) in [5, 5.41) is 0. The first-order chi connectivity index (χ1) is 7.86. The van der Waals surface area contributed by atoms with Crippen molar-refractivity contribution in [1.82, 2.24) is 0 Å². The molecule has 0 atom stereocenters. The summed E-state index contributed by atoms with van der Waals surface area (Å²) in [7, 11) is 1.68. The maximum atomic E-state index is 5.66. The van der Waals surface area contributed by atoms with Crippen molar-refractivity contribution in [3.8, 4) is 11.5 Å². The van der Waals surface area contributed by atoms with Crippen LogP contribution in [0.3, 0.4) is 0 Å². The number of hydrogen-bond donors (Lipinski definition) is 1. The highest BCUT2D eigenvalue weighted by atomic mass is 16.6. The zero-order valence-corrected chi connectivity index (χ0v) is 9.49. The van der Waals surface area contributed by atoms with Crippen molar-refractivity contribution in [3.05, 3.63) is 23.3 Å². The molecule has 0 radical (unpaired) electrons. The molecule has 16 heavy (non-hydrogen) atoms. The minimum absolute atomic E-state index is 0.575. The molecular formula is C12H17NO3. The van der Waals surface area contributed by atoms with E-state index < -0.39 is 0 Å². The molecule has 0 fully saturated rings. The summed E-state index contributed by atoms with van der Waals surface area (Å²) in [4.78, 5) is 0. The number of benzene rings is 1. The highest BCUT2D eigenvalue weighted by molar-refractivity contribution is 5.51. The summed E-state index contributed by atoms with van der Waals surface area (Å²) in [5.41, 5.74) is 7.86. The van der Waals surface area contributed by atoms with Gasteiger partial charge in [0.05, 0.1) is 6.61 Å². The van der Waals surface area contributed by atoms with E-state index in [-0.39, 0.29) is 0 Å². The zero-order chi connectivity index (χ0) is 11.4. The van der Waals surface area contributed by atoms with E-state index in [1.54, 1.807) is 7.11 Å². The molecule has 2 N–H and O–H groups in total. The third-order valence-corrected chi connectivity index (χ3v) is 2.60. The lowest BCUT2D eigenvalue weighted by Gasteiger charge is -2.22. The molecule has 0 bridgehead atoms. The van der Waals surface area contributed by atoms with Crippen LogP contribution < -0.4 is 15.2 Å². The van der Waals surface area contributed by atoms with E-state index in [1.165, 1.54) is 0 Å². The van der Waals surface area contributed by atoms with Crippen LogP contribution in [0.2, 0.25) is 0 Å². The largest absolute Gasteiger partial charge is 0.486 e. The summed E-state index contributed by atoms with van der Waals surface area (Å²) < 4.78 is 16.4. The molecule has 0 unspecified atom stereocenters. The van der Waals surface area contributed by atoms with E-state index in [9.17, 15) is 0 Å². The number of rotatable bonds is 4. The first-order valence-corrected chi connectivity index (χ1v) is 5.46. The van der Waals surface area contributed by atoms with Gasteiger partial charge in [0.25, 0.3) is 0 Å². The molecule has 4 nitrogen and oxygen atoms in total. The Balaban J connectivity index is 2.39. The Bertz CT molecular complexity index is 366. The van der Waals surface area contributed by atoms with Gasteiger partial charge in [-0.05, 0) is 24.6 Å². The van der Waals surface area contributed by atoms with Crippen molar-refractivity contribution in [2.24, 2.45) is 5.73 Å². The van der Waals surface area contributed by atoms with Gasteiger partial charge in [-0.15, -0.1) is 0 Å². The number of hydrogen-bond acceptors (Lipinski definition) is 4. The van der Waals surface area contributed by atoms with Crippen LogP contribution in [0.15, 0.2) is 12.1 Å². The molecule has 0 aliphatic carbocycles. The van der Waals surface area contributed by atoms with Gasteiger partial charge in [0, 0.05) is 12.7 Å². The highest BCUT2D eigenvalue weighted by Crippen LogP contribution is 2.36. The Kier molecular flexibility index (Phi) is 3.64. The van der Waals surface area contributed by atoms with Crippen molar-refractivity contribution in [3.63, 3.8) is 0 Å². The quantitative estimate of drug-likeness (QED) is 0.830. The maximum Gasteiger partial charge on any atom is 0.164 e. The van der Waals surface area contributed by atoms with E-state index in [0.29, 0.717) is 26.4 Å². The predicted molar refractivity (Wildman–Crippen MR) is 60.9 cm³/mol. The fraction of sp³-hybridized carbons (Fsp3) is 0.500. The third kappa shape index (κ3) is 2.13. The van der Waals surface area contributed by atoms with Crippen molar-refractivity contribution in [2.75, 3.05) is 26.9 Å². The van der Waals surface area contributed by atoms with Crippen molar-refractivity contribution >= 4 is 0 Å². The lowest BCUT2D eigenvalue weighted by atomic mass is 10.0. The van der Waals surface area contributed by atoms with E-state index in [1.807, 2.05) is 12.1 Å². The first-order valence-electron chi connectivity index (χ1n) is 5.46. The van der Waals surface area contributed by atoms with E-state index >= 15 is 0 Å². The fourth-order valence-electron chi connectivity index (χ4n) is 1.92. The Morgan fingerprint density at radius 1 is 1.31 bits per heavy atom. The Morgan fingerprint density at radius 2 is 2.12 bits per heavy atom. The van der Waals surface area contributed by atoms with Gasteiger partial charge >= 0.3 is 0 Å². The van der Waals surface area contributed by atoms with Crippen LogP contribution in [0.4, 0.5) is 0 Å². The molecule has 1 aliphatic rings. The minimum atomic E-state index is 0.575. The van der Waals surface area contributed by atoms with Crippen molar-refractivity contribution < 1.29 is 14.2 Å². The predicted octanol–water partition coefficient (Wildman–Crippen LogP) is 1.11. The molecule has 1 aromatic rings. The van der Waals surface area contributed by atoms with Gasteiger partial charge in [-0.3, -0.25) is 0 Å². The summed E-state index contributed by atoms with van der Waals surface area (Å²) >= 11 is 0. The molecule has 1 heterocycles. The highest BCUT2D eigenvalue weighted by Gasteiger charge is 2.18. The average Bonchev–Trinajstić information content (AvgIpc) is 2.32. The molecule has 1 aromatic carbocycles.